The molecule has 1 aromatic rings. The molecule has 20 heavy (non-hydrogen) atoms. The first kappa shape index (κ1) is 14.7. The van der Waals surface area contributed by atoms with Gasteiger partial charge in [-0.3, -0.25) is 4.79 Å². The molecule has 1 aromatic carbocycles. The molecule has 0 amide bonds. The molecule has 4 heteroatoms. The van der Waals surface area contributed by atoms with E-state index in [1.807, 2.05) is 18.2 Å². The zero-order valence-electron chi connectivity index (χ0n) is 11.8. The maximum atomic E-state index is 12.4. The molecule has 106 valence electrons. The van der Waals surface area contributed by atoms with Crippen LogP contribution in [0, 0.1) is 0 Å². The van der Waals surface area contributed by atoms with Crippen molar-refractivity contribution in [3.8, 4) is 0 Å². The van der Waals surface area contributed by atoms with Gasteiger partial charge in [0.2, 0.25) is 5.79 Å². The molecular formula is C16H18O4. The predicted octanol–water partition coefficient (Wildman–Crippen LogP) is 2.37. The first-order valence-corrected chi connectivity index (χ1v) is 6.30. The highest BCUT2D eigenvalue weighted by molar-refractivity contribution is 6.10. The van der Waals surface area contributed by atoms with Gasteiger partial charge in [0, 0.05) is 32.5 Å². The van der Waals surface area contributed by atoms with Gasteiger partial charge >= 0.3 is 0 Å². The lowest BCUT2D eigenvalue weighted by molar-refractivity contribution is -0.220. The van der Waals surface area contributed by atoms with Gasteiger partial charge in [-0.1, -0.05) is 30.3 Å². The van der Waals surface area contributed by atoms with E-state index in [0.29, 0.717) is 11.1 Å². The smallest absolute Gasteiger partial charge is 0.218 e. The van der Waals surface area contributed by atoms with Gasteiger partial charge in [0.15, 0.2) is 5.78 Å². The molecular weight excluding hydrogens is 256 g/mol. The summed E-state index contributed by atoms with van der Waals surface area (Å²) in [4.78, 5) is 12.4. The Kier molecular flexibility index (Phi) is 4.49. The zero-order valence-corrected chi connectivity index (χ0v) is 11.8. The average molecular weight is 274 g/mol. The summed E-state index contributed by atoms with van der Waals surface area (Å²) in [6.45, 7) is 0. The first-order valence-electron chi connectivity index (χ1n) is 6.30. The van der Waals surface area contributed by atoms with E-state index in [-0.39, 0.29) is 5.78 Å². The Balaban J connectivity index is 2.30. The van der Waals surface area contributed by atoms with E-state index in [1.54, 1.807) is 37.5 Å². The molecule has 0 spiro atoms. The van der Waals surface area contributed by atoms with Crippen LogP contribution in [0.25, 0.3) is 0 Å². The number of hydrogen-bond acceptors (Lipinski definition) is 4. The SMILES string of the molecule is COC1C=C(C(=O)c2ccccc2)C=CC1(OC)OC. The van der Waals surface area contributed by atoms with Crippen LogP contribution in [0.3, 0.4) is 0 Å². The minimum absolute atomic E-state index is 0.0512. The Morgan fingerprint density at radius 1 is 1.10 bits per heavy atom. The highest BCUT2D eigenvalue weighted by Gasteiger charge is 2.39. The van der Waals surface area contributed by atoms with E-state index in [1.165, 1.54) is 14.2 Å². The second kappa shape index (κ2) is 6.13. The van der Waals surface area contributed by atoms with Gasteiger partial charge in [0.1, 0.15) is 6.10 Å². The molecule has 0 aliphatic heterocycles. The summed E-state index contributed by atoms with van der Waals surface area (Å²) in [6.07, 6.45) is 4.66. The molecule has 2 rings (SSSR count). The Morgan fingerprint density at radius 2 is 1.75 bits per heavy atom. The fourth-order valence-corrected chi connectivity index (χ4v) is 2.23. The number of methoxy groups -OCH3 is 3. The summed E-state index contributed by atoms with van der Waals surface area (Å²) in [7, 11) is 4.63. The van der Waals surface area contributed by atoms with Crippen LogP contribution in [0.2, 0.25) is 0 Å². The number of allylic oxidation sites excluding steroid dienone is 2. The summed E-state index contributed by atoms with van der Waals surface area (Å²) < 4.78 is 16.1. The van der Waals surface area contributed by atoms with Gasteiger partial charge in [-0.05, 0) is 18.2 Å². The van der Waals surface area contributed by atoms with Crippen LogP contribution in [0.1, 0.15) is 10.4 Å². The fourth-order valence-electron chi connectivity index (χ4n) is 2.23. The van der Waals surface area contributed by atoms with Gasteiger partial charge in [0.05, 0.1) is 0 Å². The van der Waals surface area contributed by atoms with Crippen LogP contribution >= 0.6 is 0 Å². The molecule has 1 aliphatic rings. The number of Topliss-reactive ketones (excluding diaryl/α,β-unsaturated/α-hetero) is 1. The van der Waals surface area contributed by atoms with Gasteiger partial charge in [-0.25, -0.2) is 0 Å². The van der Waals surface area contributed by atoms with Crippen molar-refractivity contribution in [1.82, 2.24) is 0 Å². The lowest BCUT2D eigenvalue weighted by atomic mass is 9.93. The number of rotatable bonds is 5. The molecule has 1 aliphatic carbocycles. The molecule has 0 fully saturated rings. The minimum atomic E-state index is -0.991. The Bertz CT molecular complexity index is 527. The van der Waals surface area contributed by atoms with E-state index >= 15 is 0 Å². The van der Waals surface area contributed by atoms with Gasteiger partial charge in [-0.15, -0.1) is 0 Å². The maximum Gasteiger partial charge on any atom is 0.218 e. The number of ketones is 1. The Labute approximate surface area is 118 Å². The molecule has 0 saturated heterocycles. The van der Waals surface area contributed by atoms with E-state index in [9.17, 15) is 4.79 Å². The van der Waals surface area contributed by atoms with Crippen molar-refractivity contribution in [2.45, 2.75) is 11.9 Å². The normalized spacial score (nSPS) is 20.6. The summed E-state index contributed by atoms with van der Waals surface area (Å²) in [6, 6.07) is 9.12. The van der Waals surface area contributed by atoms with Crippen molar-refractivity contribution < 1.29 is 19.0 Å². The standard InChI is InChI=1S/C16H18O4/c1-18-14-11-13(9-10-16(14,19-2)20-3)15(17)12-7-5-4-6-8-12/h4-11,14H,1-3H3. The molecule has 1 unspecified atom stereocenters. The molecule has 0 heterocycles. The lowest BCUT2D eigenvalue weighted by Gasteiger charge is -2.35. The van der Waals surface area contributed by atoms with Crippen LogP contribution in [0.4, 0.5) is 0 Å². The topological polar surface area (TPSA) is 44.8 Å². The van der Waals surface area contributed by atoms with Crippen molar-refractivity contribution >= 4 is 5.78 Å². The quantitative estimate of drug-likeness (QED) is 0.611. The molecule has 0 radical (unpaired) electrons. The summed E-state index contributed by atoms with van der Waals surface area (Å²) in [5, 5.41) is 0. The van der Waals surface area contributed by atoms with Crippen molar-refractivity contribution in [2.24, 2.45) is 0 Å². The van der Waals surface area contributed by atoms with E-state index in [2.05, 4.69) is 0 Å². The Hall–Kier alpha value is -1.75. The number of ether oxygens (including phenoxy) is 3. The number of hydrogen-bond donors (Lipinski definition) is 0. The van der Waals surface area contributed by atoms with E-state index in [0.717, 1.165) is 0 Å². The molecule has 1 atom stereocenters. The number of carbonyl (C=O) groups is 1. The largest absolute Gasteiger partial charge is 0.371 e. The highest BCUT2D eigenvalue weighted by atomic mass is 16.7. The summed E-state index contributed by atoms with van der Waals surface area (Å²) in [5.74, 6) is -1.04. The van der Waals surface area contributed by atoms with Crippen LogP contribution in [-0.2, 0) is 14.2 Å². The minimum Gasteiger partial charge on any atom is -0.371 e. The van der Waals surface area contributed by atoms with Crippen LogP contribution in [-0.4, -0.2) is 39.0 Å². The average Bonchev–Trinajstić information content (AvgIpc) is 2.54. The molecule has 4 nitrogen and oxygen atoms in total. The molecule has 0 aromatic heterocycles. The summed E-state index contributed by atoms with van der Waals surface area (Å²) in [5.41, 5.74) is 1.20. The molecule has 0 saturated carbocycles. The highest BCUT2D eigenvalue weighted by Crippen LogP contribution is 2.29. The van der Waals surface area contributed by atoms with E-state index in [4.69, 9.17) is 14.2 Å². The van der Waals surface area contributed by atoms with Crippen LogP contribution in [0.15, 0.2) is 54.1 Å². The van der Waals surface area contributed by atoms with Crippen molar-refractivity contribution in [1.29, 1.82) is 0 Å². The first-order chi connectivity index (χ1) is 9.66. The van der Waals surface area contributed by atoms with Crippen LogP contribution in [0.5, 0.6) is 0 Å². The molecule has 0 N–H and O–H groups in total. The Morgan fingerprint density at radius 3 is 2.30 bits per heavy atom. The third-order valence-corrected chi connectivity index (χ3v) is 3.41. The van der Waals surface area contributed by atoms with Gasteiger partial charge in [0.25, 0.3) is 0 Å². The van der Waals surface area contributed by atoms with E-state index < -0.39 is 11.9 Å². The van der Waals surface area contributed by atoms with Gasteiger partial charge < -0.3 is 14.2 Å². The fraction of sp³-hybridized carbons (Fsp3) is 0.312. The zero-order chi connectivity index (χ0) is 14.6. The third-order valence-electron chi connectivity index (χ3n) is 3.41. The van der Waals surface area contributed by atoms with Gasteiger partial charge in [-0.2, -0.15) is 0 Å². The summed E-state index contributed by atoms with van der Waals surface area (Å²) >= 11 is 0. The van der Waals surface area contributed by atoms with Crippen LogP contribution < -0.4 is 0 Å². The van der Waals surface area contributed by atoms with Crippen molar-refractivity contribution in [3.05, 3.63) is 59.7 Å². The van der Waals surface area contributed by atoms with Crippen molar-refractivity contribution in [3.63, 3.8) is 0 Å². The second-order valence-electron chi connectivity index (χ2n) is 4.44. The van der Waals surface area contributed by atoms with Crippen molar-refractivity contribution in [2.75, 3.05) is 21.3 Å². The predicted molar refractivity (Wildman–Crippen MR) is 75.5 cm³/mol. The monoisotopic (exact) mass is 274 g/mol. The maximum absolute atomic E-state index is 12.4. The number of benzene rings is 1. The lowest BCUT2D eigenvalue weighted by Crippen LogP contribution is -2.46. The number of carbonyl (C=O) groups excluding carboxylic acids is 1. The second-order valence-corrected chi connectivity index (χ2v) is 4.44. The third kappa shape index (κ3) is 2.58. The molecule has 0 bridgehead atoms.